The molecule has 3 amide bonds. The summed E-state index contributed by atoms with van der Waals surface area (Å²) in [6.45, 7) is 7.89. The molecule has 5 rings (SSSR count). The molecule has 1 aliphatic rings. The summed E-state index contributed by atoms with van der Waals surface area (Å²) in [4.78, 5) is 56.0. The second-order valence-electron chi connectivity index (χ2n) is 11.9. The van der Waals surface area contributed by atoms with Crippen LogP contribution in [0.5, 0.6) is 0 Å². The van der Waals surface area contributed by atoms with Gasteiger partial charge in [0.1, 0.15) is 11.6 Å². The molecule has 0 aliphatic carbocycles. The largest absolute Gasteiger partial charge is 0.350 e. The predicted octanol–water partition coefficient (Wildman–Crippen LogP) is 3.74. The number of amides is 3. The van der Waals surface area contributed by atoms with Crippen LogP contribution in [-0.2, 0) is 20.9 Å². The number of likely N-dealkylation sites (N-methyl/N-ethyl adjacent to an activating group) is 1. The van der Waals surface area contributed by atoms with Crippen LogP contribution in [0.25, 0.3) is 22.3 Å². The summed E-state index contributed by atoms with van der Waals surface area (Å²) in [5.74, 6) is 8.15. The Morgan fingerprint density at radius 2 is 1.89 bits per heavy atom. The molecule has 4 aromatic rings. The molecule has 2 atom stereocenters. The van der Waals surface area contributed by atoms with Crippen LogP contribution in [0.4, 0.5) is 0 Å². The molecule has 4 N–H and O–H groups in total. The Hall–Kier alpha value is -4.95. The highest BCUT2D eigenvalue weighted by Crippen LogP contribution is 2.31. The first-order chi connectivity index (χ1) is 22.3. The van der Waals surface area contributed by atoms with Gasteiger partial charge in [0, 0.05) is 24.2 Å². The summed E-state index contributed by atoms with van der Waals surface area (Å²) in [6.07, 6.45) is 4.91. The third-order valence-corrected chi connectivity index (χ3v) is 8.29. The predicted molar refractivity (Wildman–Crippen MR) is 177 cm³/mol. The maximum Gasteiger partial charge on any atom is 0.242 e. The van der Waals surface area contributed by atoms with E-state index in [0.29, 0.717) is 26.0 Å². The number of carbonyl (C=O) groups is 3. The number of hydrogen-bond acceptors (Lipinski definition) is 6. The van der Waals surface area contributed by atoms with Crippen molar-refractivity contribution in [1.82, 2.24) is 40.4 Å². The van der Waals surface area contributed by atoms with E-state index in [1.807, 2.05) is 68.3 Å². The first-order valence-corrected chi connectivity index (χ1v) is 15.9. The number of aromatic nitrogens is 4. The molecular formula is C35H42N8O3. The van der Waals surface area contributed by atoms with Crippen molar-refractivity contribution in [2.45, 2.75) is 58.7 Å². The molecule has 1 saturated heterocycles. The van der Waals surface area contributed by atoms with Gasteiger partial charge in [-0.25, -0.2) is 9.97 Å². The van der Waals surface area contributed by atoms with Gasteiger partial charge in [0.15, 0.2) is 0 Å². The minimum absolute atomic E-state index is 0.0110. The normalized spacial score (nSPS) is 15.1. The van der Waals surface area contributed by atoms with Crippen molar-refractivity contribution < 1.29 is 14.4 Å². The van der Waals surface area contributed by atoms with Gasteiger partial charge in [0.05, 0.1) is 48.1 Å². The number of fused-ring (bicyclic) bond motifs is 1. The molecule has 11 nitrogen and oxygen atoms in total. The number of H-pyrrole nitrogens is 2. The lowest BCUT2D eigenvalue weighted by Gasteiger charge is -2.28. The van der Waals surface area contributed by atoms with Gasteiger partial charge in [-0.05, 0) is 68.1 Å². The van der Waals surface area contributed by atoms with Crippen molar-refractivity contribution in [1.29, 1.82) is 0 Å². The number of aromatic amines is 2. The number of likely N-dealkylation sites (tertiary alicyclic amines) is 1. The Kier molecular flexibility index (Phi) is 10.5. The Morgan fingerprint density at radius 3 is 2.61 bits per heavy atom. The van der Waals surface area contributed by atoms with Gasteiger partial charge in [0.2, 0.25) is 18.2 Å². The highest BCUT2D eigenvalue weighted by atomic mass is 16.2. The van der Waals surface area contributed by atoms with Crippen molar-refractivity contribution in [2.24, 2.45) is 5.92 Å². The molecule has 2 aromatic carbocycles. The summed E-state index contributed by atoms with van der Waals surface area (Å²) >= 11 is 0. The molecule has 1 fully saturated rings. The van der Waals surface area contributed by atoms with Crippen LogP contribution < -0.4 is 10.6 Å². The van der Waals surface area contributed by atoms with Crippen molar-refractivity contribution in [2.75, 3.05) is 26.7 Å². The summed E-state index contributed by atoms with van der Waals surface area (Å²) < 4.78 is 0. The molecule has 3 heterocycles. The fraction of sp³-hybridized carbons (Fsp3) is 0.400. The van der Waals surface area contributed by atoms with E-state index in [2.05, 4.69) is 44.4 Å². The third-order valence-electron chi connectivity index (χ3n) is 8.29. The second kappa shape index (κ2) is 14.9. The van der Waals surface area contributed by atoms with Gasteiger partial charge in [0.25, 0.3) is 0 Å². The number of nitrogens with zero attached hydrogens (tertiary/aromatic N) is 4. The van der Waals surface area contributed by atoms with Crippen LogP contribution in [-0.4, -0.2) is 80.7 Å². The zero-order valence-corrected chi connectivity index (χ0v) is 26.9. The van der Waals surface area contributed by atoms with Crippen molar-refractivity contribution >= 4 is 29.3 Å². The second-order valence-corrected chi connectivity index (χ2v) is 11.9. The van der Waals surface area contributed by atoms with Crippen LogP contribution in [0.2, 0.25) is 0 Å². The van der Waals surface area contributed by atoms with E-state index in [-0.39, 0.29) is 36.4 Å². The molecule has 46 heavy (non-hydrogen) atoms. The fourth-order valence-corrected chi connectivity index (χ4v) is 5.98. The van der Waals surface area contributed by atoms with E-state index in [1.165, 1.54) is 0 Å². The number of nitrogens with one attached hydrogen (secondary N) is 4. The molecule has 1 unspecified atom stereocenters. The number of benzene rings is 2. The number of hydrogen-bond donors (Lipinski definition) is 4. The summed E-state index contributed by atoms with van der Waals surface area (Å²) in [5, 5.41) is 5.61. The van der Waals surface area contributed by atoms with Gasteiger partial charge in [-0.15, -0.1) is 0 Å². The lowest BCUT2D eigenvalue weighted by atomic mass is 10.0. The van der Waals surface area contributed by atoms with Gasteiger partial charge >= 0.3 is 0 Å². The molecule has 0 bridgehead atoms. The van der Waals surface area contributed by atoms with Crippen LogP contribution in [0.15, 0.2) is 48.7 Å². The monoisotopic (exact) mass is 622 g/mol. The molecule has 0 radical (unpaired) electrons. The molecule has 11 heteroatoms. The zero-order valence-electron chi connectivity index (χ0n) is 26.9. The van der Waals surface area contributed by atoms with Gasteiger partial charge < -0.3 is 30.4 Å². The Labute approximate surface area is 269 Å². The van der Waals surface area contributed by atoms with Crippen molar-refractivity contribution in [3.63, 3.8) is 0 Å². The number of imidazole rings is 2. The molecule has 0 spiro atoms. The minimum atomic E-state index is -0.234. The quantitative estimate of drug-likeness (QED) is 0.140. The minimum Gasteiger partial charge on any atom is -0.350 e. The van der Waals surface area contributed by atoms with Crippen molar-refractivity contribution in [3.05, 3.63) is 71.4 Å². The highest BCUT2D eigenvalue weighted by Gasteiger charge is 2.31. The van der Waals surface area contributed by atoms with Gasteiger partial charge in [-0.3, -0.25) is 14.4 Å². The van der Waals surface area contributed by atoms with E-state index >= 15 is 0 Å². The summed E-state index contributed by atoms with van der Waals surface area (Å²) in [5.41, 5.74) is 5.30. The third kappa shape index (κ3) is 7.46. The molecule has 2 aromatic heterocycles. The van der Waals surface area contributed by atoms with Crippen LogP contribution in [0.3, 0.4) is 0 Å². The molecule has 0 saturated carbocycles. The maximum atomic E-state index is 13.2. The van der Waals surface area contributed by atoms with Crippen LogP contribution in [0, 0.1) is 17.8 Å². The van der Waals surface area contributed by atoms with E-state index in [0.717, 1.165) is 64.3 Å². The average molecular weight is 623 g/mol. The molecule has 1 aliphatic heterocycles. The first-order valence-electron chi connectivity index (χ1n) is 15.9. The maximum absolute atomic E-state index is 13.2. The SMILES string of the molecule is CCCN(Cc1nc2ccc(C#Cc3ccc(-c4cnc([C@@H]5CCCN5C(=O)CNC=O)[nH]4)cc3)cc2[nH]1)C(=O)C(NC)C(C)C. The number of rotatable bonds is 12. The van der Waals surface area contributed by atoms with Gasteiger partial charge in [-0.2, -0.15) is 0 Å². The first kappa shape index (κ1) is 32.4. The summed E-state index contributed by atoms with van der Waals surface area (Å²) in [6, 6.07) is 13.5. The van der Waals surface area contributed by atoms with E-state index in [9.17, 15) is 14.4 Å². The smallest absolute Gasteiger partial charge is 0.242 e. The van der Waals surface area contributed by atoms with Crippen molar-refractivity contribution in [3.8, 4) is 23.1 Å². The van der Waals surface area contributed by atoms with Gasteiger partial charge in [-0.1, -0.05) is 44.7 Å². The lowest BCUT2D eigenvalue weighted by molar-refractivity contribution is -0.135. The molecular weight excluding hydrogens is 580 g/mol. The number of carbonyl (C=O) groups excluding carboxylic acids is 3. The highest BCUT2D eigenvalue weighted by molar-refractivity contribution is 5.82. The zero-order chi connectivity index (χ0) is 32.6. The van der Waals surface area contributed by atoms with Crippen LogP contribution >= 0.6 is 0 Å². The van der Waals surface area contributed by atoms with E-state index in [1.54, 1.807) is 11.1 Å². The topological polar surface area (TPSA) is 139 Å². The average Bonchev–Trinajstić information content (AvgIpc) is 3.82. The standard InChI is InChI=1S/C35H42N8O3/c1-5-16-42(35(46)33(36-4)23(2)3)21-31-39-27-15-12-25(18-28(27)40-31)9-8-24-10-13-26(14-11-24)29-19-38-34(41-29)30-7-6-17-43(30)32(45)20-37-22-44/h10-15,18-19,22-23,30,33,36H,5-7,16-17,20-21H2,1-4H3,(H,37,44)(H,38,41)(H,39,40)/t30-,33?/m0/s1. The summed E-state index contributed by atoms with van der Waals surface area (Å²) in [7, 11) is 1.83. The van der Waals surface area contributed by atoms with Crippen LogP contribution in [0.1, 0.15) is 68.9 Å². The van der Waals surface area contributed by atoms with E-state index in [4.69, 9.17) is 4.98 Å². The Morgan fingerprint density at radius 1 is 1.13 bits per heavy atom. The molecule has 240 valence electrons. The fourth-order valence-electron chi connectivity index (χ4n) is 5.98. The lowest BCUT2D eigenvalue weighted by Crippen LogP contribution is -2.48. The Balaban J connectivity index is 1.25. The van der Waals surface area contributed by atoms with E-state index < -0.39 is 0 Å². The Bertz CT molecular complexity index is 1730.